The molecule has 0 spiro atoms. The molecular formula is C20H22ClN3O4S. The van der Waals surface area contributed by atoms with Gasteiger partial charge in [-0.1, -0.05) is 23.7 Å². The van der Waals surface area contributed by atoms with Gasteiger partial charge in [-0.25, -0.2) is 8.42 Å². The second-order valence-electron chi connectivity index (χ2n) is 6.74. The van der Waals surface area contributed by atoms with Gasteiger partial charge in [-0.2, -0.15) is 9.57 Å². The van der Waals surface area contributed by atoms with Gasteiger partial charge in [0.05, 0.1) is 16.7 Å². The van der Waals surface area contributed by atoms with Crippen LogP contribution in [-0.4, -0.2) is 68.2 Å². The molecule has 154 valence electrons. The van der Waals surface area contributed by atoms with Crippen LogP contribution >= 0.6 is 11.6 Å². The molecule has 1 saturated heterocycles. The monoisotopic (exact) mass is 435 g/mol. The van der Waals surface area contributed by atoms with Crippen LogP contribution in [0.5, 0.6) is 5.75 Å². The summed E-state index contributed by atoms with van der Waals surface area (Å²) in [7, 11) is -3.63. The standard InChI is InChI=1S/C20H22ClN3O4S/c21-19-3-1-2-4-20(19)29(26,27)24-11-9-23(10-12-24)14-17(25)15-28-18-7-5-16(13-22)6-8-18/h1-8,17,25H,9-12,14-15H2/t17-/m0/s1. The summed E-state index contributed by atoms with van der Waals surface area (Å²) >= 11 is 6.05. The van der Waals surface area contributed by atoms with Crippen molar-refractivity contribution in [2.75, 3.05) is 39.3 Å². The van der Waals surface area contributed by atoms with Crippen molar-refractivity contribution in [1.82, 2.24) is 9.21 Å². The highest BCUT2D eigenvalue weighted by Gasteiger charge is 2.30. The molecule has 2 aromatic carbocycles. The Morgan fingerprint density at radius 2 is 1.76 bits per heavy atom. The molecule has 29 heavy (non-hydrogen) atoms. The van der Waals surface area contributed by atoms with Crippen molar-refractivity contribution in [2.24, 2.45) is 0 Å². The number of sulfonamides is 1. The van der Waals surface area contributed by atoms with E-state index in [0.717, 1.165) is 0 Å². The molecule has 0 saturated carbocycles. The van der Waals surface area contributed by atoms with E-state index >= 15 is 0 Å². The molecule has 1 aliphatic heterocycles. The van der Waals surface area contributed by atoms with Gasteiger partial charge in [-0.05, 0) is 36.4 Å². The Morgan fingerprint density at radius 1 is 1.10 bits per heavy atom. The van der Waals surface area contributed by atoms with Gasteiger partial charge >= 0.3 is 0 Å². The minimum atomic E-state index is -3.63. The summed E-state index contributed by atoms with van der Waals surface area (Å²) in [5.74, 6) is 0.582. The van der Waals surface area contributed by atoms with Crippen molar-refractivity contribution in [1.29, 1.82) is 5.26 Å². The molecule has 0 radical (unpaired) electrons. The molecule has 0 amide bonds. The Hall–Kier alpha value is -2.15. The molecule has 2 aromatic rings. The first kappa shape index (κ1) is 21.6. The van der Waals surface area contributed by atoms with Crippen LogP contribution in [0.4, 0.5) is 0 Å². The Balaban J connectivity index is 1.48. The fourth-order valence-electron chi connectivity index (χ4n) is 3.11. The van der Waals surface area contributed by atoms with E-state index in [-0.39, 0.29) is 16.5 Å². The van der Waals surface area contributed by atoms with Gasteiger partial charge in [0.15, 0.2) is 0 Å². The summed E-state index contributed by atoms with van der Waals surface area (Å²) in [6, 6.07) is 15.1. The molecule has 0 unspecified atom stereocenters. The fourth-order valence-corrected chi connectivity index (χ4v) is 5.03. The van der Waals surface area contributed by atoms with Crippen molar-refractivity contribution in [3.05, 3.63) is 59.1 Å². The third kappa shape index (κ3) is 5.47. The van der Waals surface area contributed by atoms with E-state index in [1.165, 1.54) is 10.4 Å². The number of β-amino-alcohol motifs (C(OH)–C–C–N with tert-alkyl or cyclic N) is 1. The summed E-state index contributed by atoms with van der Waals surface area (Å²) < 4.78 is 32.5. The number of ether oxygens (including phenoxy) is 1. The smallest absolute Gasteiger partial charge is 0.244 e. The number of nitriles is 1. The lowest BCUT2D eigenvalue weighted by atomic mass is 10.2. The predicted molar refractivity (Wildman–Crippen MR) is 109 cm³/mol. The molecule has 1 fully saturated rings. The topological polar surface area (TPSA) is 93.9 Å². The quantitative estimate of drug-likeness (QED) is 0.714. The number of hydrogen-bond acceptors (Lipinski definition) is 6. The molecule has 7 nitrogen and oxygen atoms in total. The lowest BCUT2D eigenvalue weighted by Gasteiger charge is -2.35. The first-order valence-electron chi connectivity index (χ1n) is 9.18. The number of piperazine rings is 1. The fraction of sp³-hybridized carbons (Fsp3) is 0.350. The number of aliphatic hydroxyl groups is 1. The number of halogens is 1. The third-order valence-electron chi connectivity index (χ3n) is 4.68. The van der Waals surface area contributed by atoms with Crippen molar-refractivity contribution in [2.45, 2.75) is 11.0 Å². The van der Waals surface area contributed by atoms with Crippen LogP contribution in [0.25, 0.3) is 0 Å². The Morgan fingerprint density at radius 3 is 2.38 bits per heavy atom. The van der Waals surface area contributed by atoms with Crippen LogP contribution in [0, 0.1) is 11.3 Å². The maximum Gasteiger partial charge on any atom is 0.244 e. The average molecular weight is 436 g/mol. The second-order valence-corrected chi connectivity index (χ2v) is 9.05. The van der Waals surface area contributed by atoms with Gasteiger partial charge in [0, 0.05) is 32.7 Å². The molecule has 0 bridgehead atoms. The van der Waals surface area contributed by atoms with Crippen LogP contribution in [-0.2, 0) is 10.0 Å². The van der Waals surface area contributed by atoms with Crippen molar-refractivity contribution in [3.63, 3.8) is 0 Å². The van der Waals surface area contributed by atoms with Crippen molar-refractivity contribution >= 4 is 21.6 Å². The maximum atomic E-state index is 12.8. The van der Waals surface area contributed by atoms with Crippen LogP contribution in [0.3, 0.4) is 0 Å². The Bertz CT molecular complexity index is 968. The van der Waals surface area contributed by atoms with Gasteiger partial charge < -0.3 is 9.84 Å². The first-order chi connectivity index (χ1) is 13.9. The lowest BCUT2D eigenvalue weighted by Crippen LogP contribution is -2.50. The van der Waals surface area contributed by atoms with E-state index in [9.17, 15) is 13.5 Å². The number of benzene rings is 2. The van der Waals surface area contributed by atoms with E-state index in [2.05, 4.69) is 0 Å². The zero-order valence-electron chi connectivity index (χ0n) is 15.7. The summed E-state index contributed by atoms with van der Waals surface area (Å²) in [4.78, 5) is 2.12. The Kier molecular flexibility index (Phi) is 7.11. The molecule has 1 aliphatic rings. The molecule has 9 heteroatoms. The van der Waals surface area contributed by atoms with Gasteiger partial charge in [-0.15, -0.1) is 0 Å². The Labute approximate surface area is 175 Å². The van der Waals surface area contributed by atoms with Gasteiger partial charge in [-0.3, -0.25) is 4.90 Å². The van der Waals surface area contributed by atoms with E-state index < -0.39 is 16.1 Å². The highest BCUT2D eigenvalue weighted by atomic mass is 35.5. The second kappa shape index (κ2) is 9.57. The van der Waals surface area contributed by atoms with Crippen molar-refractivity contribution in [3.8, 4) is 11.8 Å². The highest BCUT2D eigenvalue weighted by Crippen LogP contribution is 2.25. The minimum Gasteiger partial charge on any atom is -0.491 e. The number of aliphatic hydroxyl groups excluding tert-OH is 1. The zero-order valence-corrected chi connectivity index (χ0v) is 17.3. The summed E-state index contributed by atoms with van der Waals surface area (Å²) in [5.41, 5.74) is 0.544. The SMILES string of the molecule is N#Cc1ccc(OC[C@@H](O)CN2CCN(S(=O)(=O)c3ccccc3Cl)CC2)cc1. The van der Waals surface area contributed by atoms with E-state index in [0.29, 0.717) is 44.0 Å². The summed E-state index contributed by atoms with van der Waals surface area (Å²) in [6.07, 6.45) is -0.711. The molecule has 1 N–H and O–H groups in total. The van der Waals surface area contributed by atoms with E-state index in [1.807, 2.05) is 11.0 Å². The van der Waals surface area contributed by atoms with Crippen LogP contribution in [0.15, 0.2) is 53.4 Å². The highest BCUT2D eigenvalue weighted by molar-refractivity contribution is 7.89. The maximum absolute atomic E-state index is 12.8. The third-order valence-corrected chi connectivity index (χ3v) is 7.08. The molecule has 0 aromatic heterocycles. The van der Waals surface area contributed by atoms with Crippen LogP contribution in [0.1, 0.15) is 5.56 Å². The van der Waals surface area contributed by atoms with Gasteiger partial charge in [0.25, 0.3) is 0 Å². The molecule has 0 aliphatic carbocycles. The van der Waals surface area contributed by atoms with Gasteiger partial charge in [0.1, 0.15) is 23.4 Å². The predicted octanol–water partition coefficient (Wildman–Crippen LogP) is 1.96. The van der Waals surface area contributed by atoms with E-state index in [1.54, 1.807) is 42.5 Å². The van der Waals surface area contributed by atoms with Gasteiger partial charge in [0.2, 0.25) is 10.0 Å². The molecule has 1 atom stereocenters. The number of nitrogens with zero attached hydrogens (tertiary/aromatic N) is 3. The molecule has 3 rings (SSSR count). The number of rotatable bonds is 7. The summed E-state index contributed by atoms with van der Waals surface area (Å²) in [5, 5.41) is 19.2. The lowest BCUT2D eigenvalue weighted by molar-refractivity contribution is 0.0569. The largest absolute Gasteiger partial charge is 0.491 e. The number of hydrogen-bond donors (Lipinski definition) is 1. The van der Waals surface area contributed by atoms with E-state index in [4.69, 9.17) is 21.6 Å². The zero-order chi connectivity index (χ0) is 20.9. The normalized spacial score (nSPS) is 16.9. The molecular weight excluding hydrogens is 414 g/mol. The van der Waals surface area contributed by atoms with Crippen molar-refractivity contribution < 1.29 is 18.3 Å². The summed E-state index contributed by atoms with van der Waals surface area (Å²) in [6.45, 7) is 2.18. The first-order valence-corrected chi connectivity index (χ1v) is 11.0. The average Bonchev–Trinajstić information content (AvgIpc) is 2.73. The molecule has 1 heterocycles. The van der Waals surface area contributed by atoms with Crippen LogP contribution in [0.2, 0.25) is 5.02 Å². The minimum absolute atomic E-state index is 0.115. The van der Waals surface area contributed by atoms with Crippen LogP contribution < -0.4 is 4.74 Å².